The second-order valence-electron chi connectivity index (χ2n) is 6.44. The molecule has 122 valence electrons. The van der Waals surface area contributed by atoms with Gasteiger partial charge in [-0.3, -0.25) is 4.79 Å². The first kappa shape index (κ1) is 14.9. The van der Waals surface area contributed by atoms with Gasteiger partial charge in [0.05, 0.1) is 16.6 Å². The van der Waals surface area contributed by atoms with Gasteiger partial charge in [0, 0.05) is 25.2 Å². The van der Waals surface area contributed by atoms with Crippen molar-refractivity contribution in [1.29, 1.82) is 0 Å². The number of aryl methyl sites for hydroxylation is 2. The molecule has 0 unspecified atom stereocenters. The molecule has 24 heavy (non-hydrogen) atoms. The molecule has 3 aromatic rings. The van der Waals surface area contributed by atoms with E-state index < -0.39 is 0 Å². The fourth-order valence-corrected chi connectivity index (χ4v) is 3.49. The highest BCUT2D eigenvalue weighted by Crippen LogP contribution is 2.30. The average Bonchev–Trinajstić information content (AvgIpc) is 3.22. The molecule has 0 aliphatic carbocycles. The highest BCUT2D eigenvalue weighted by molar-refractivity contribution is 5.97. The molecule has 5 heteroatoms. The van der Waals surface area contributed by atoms with Gasteiger partial charge >= 0.3 is 0 Å². The lowest BCUT2D eigenvalue weighted by atomic mass is 9.94. The van der Waals surface area contributed by atoms with E-state index in [1.807, 2.05) is 17.9 Å². The van der Waals surface area contributed by atoms with Crippen LogP contribution in [-0.2, 0) is 0 Å². The van der Waals surface area contributed by atoms with Crippen LogP contribution in [0.5, 0.6) is 0 Å². The molecule has 1 aliphatic rings. The summed E-state index contributed by atoms with van der Waals surface area (Å²) >= 11 is 0. The quantitative estimate of drug-likeness (QED) is 0.725. The first-order valence-corrected chi connectivity index (χ1v) is 8.20. The van der Waals surface area contributed by atoms with Crippen molar-refractivity contribution in [2.45, 2.75) is 26.2 Å². The number of carbonyl (C=O) groups excluding carboxylic acids is 1. The van der Waals surface area contributed by atoms with Gasteiger partial charge in [-0.05, 0) is 37.5 Å². The van der Waals surface area contributed by atoms with Crippen LogP contribution in [0.15, 0.2) is 41.1 Å². The number of hydrogen-bond acceptors (Lipinski definition) is 4. The number of pyridine rings is 1. The number of nitrogens with zero attached hydrogens (tertiary/aromatic N) is 3. The number of aromatic nitrogens is 2. The van der Waals surface area contributed by atoms with Crippen LogP contribution in [-0.4, -0.2) is 34.0 Å². The maximum absolute atomic E-state index is 12.8. The van der Waals surface area contributed by atoms with Crippen LogP contribution >= 0.6 is 0 Å². The lowest BCUT2D eigenvalue weighted by Crippen LogP contribution is -2.28. The maximum atomic E-state index is 12.8. The molecule has 2 aromatic heterocycles. The SMILES string of the molecule is Cc1ccccc1[C@@H]1CCN(C(=O)c2cnc3onc(C)c3c2)C1. The lowest BCUT2D eigenvalue weighted by molar-refractivity contribution is 0.0790. The van der Waals surface area contributed by atoms with Gasteiger partial charge in [-0.1, -0.05) is 29.4 Å². The van der Waals surface area contributed by atoms with Crippen molar-refractivity contribution < 1.29 is 9.32 Å². The fraction of sp³-hybridized carbons (Fsp3) is 0.316. The third kappa shape index (κ3) is 2.46. The molecule has 1 saturated heterocycles. The van der Waals surface area contributed by atoms with Crippen molar-refractivity contribution in [2.75, 3.05) is 13.1 Å². The molecule has 1 fully saturated rings. The molecule has 5 nitrogen and oxygen atoms in total. The van der Waals surface area contributed by atoms with E-state index in [2.05, 4.69) is 41.3 Å². The molecule has 1 aliphatic heterocycles. The molecule has 1 atom stereocenters. The average molecular weight is 321 g/mol. The summed E-state index contributed by atoms with van der Waals surface area (Å²) in [7, 11) is 0. The molecule has 0 spiro atoms. The second kappa shape index (κ2) is 5.74. The normalized spacial score (nSPS) is 17.6. The molecule has 1 amide bonds. The Morgan fingerprint density at radius 1 is 1.29 bits per heavy atom. The lowest BCUT2D eigenvalue weighted by Gasteiger charge is -2.17. The topological polar surface area (TPSA) is 59.2 Å². The highest BCUT2D eigenvalue weighted by atomic mass is 16.5. The van der Waals surface area contributed by atoms with Crippen molar-refractivity contribution in [3.63, 3.8) is 0 Å². The number of fused-ring (bicyclic) bond motifs is 1. The molecular formula is C19H19N3O2. The summed E-state index contributed by atoms with van der Waals surface area (Å²) in [6.45, 7) is 5.51. The molecule has 0 saturated carbocycles. The van der Waals surface area contributed by atoms with Crippen molar-refractivity contribution in [1.82, 2.24) is 15.0 Å². The number of likely N-dealkylation sites (tertiary alicyclic amines) is 1. The first-order valence-electron chi connectivity index (χ1n) is 8.20. The van der Waals surface area contributed by atoms with Crippen LogP contribution in [0.1, 0.15) is 39.5 Å². The predicted molar refractivity (Wildman–Crippen MR) is 91.0 cm³/mol. The molecular weight excluding hydrogens is 302 g/mol. The van der Waals surface area contributed by atoms with Gasteiger partial charge in [-0.15, -0.1) is 0 Å². The summed E-state index contributed by atoms with van der Waals surface area (Å²) in [5.41, 5.74) is 4.46. The van der Waals surface area contributed by atoms with Gasteiger partial charge in [-0.25, -0.2) is 4.98 Å². The number of carbonyl (C=O) groups is 1. The third-order valence-electron chi connectivity index (χ3n) is 4.86. The van der Waals surface area contributed by atoms with Gasteiger partial charge in [0.2, 0.25) is 0 Å². The van der Waals surface area contributed by atoms with E-state index in [9.17, 15) is 4.79 Å². The largest absolute Gasteiger partial charge is 0.338 e. The Hall–Kier alpha value is -2.69. The van der Waals surface area contributed by atoms with Crippen LogP contribution < -0.4 is 0 Å². The van der Waals surface area contributed by atoms with Crippen molar-refractivity contribution in [3.05, 3.63) is 58.9 Å². The van der Waals surface area contributed by atoms with Crippen LogP contribution in [0.25, 0.3) is 11.1 Å². The summed E-state index contributed by atoms with van der Waals surface area (Å²) < 4.78 is 5.11. The molecule has 0 bridgehead atoms. The zero-order valence-corrected chi connectivity index (χ0v) is 13.8. The Labute approximate surface area is 140 Å². The third-order valence-corrected chi connectivity index (χ3v) is 4.86. The van der Waals surface area contributed by atoms with E-state index in [0.29, 0.717) is 17.2 Å². The van der Waals surface area contributed by atoms with Gasteiger partial charge in [0.25, 0.3) is 11.6 Å². The Balaban J connectivity index is 1.56. The minimum Gasteiger partial charge on any atom is -0.338 e. The fourth-order valence-electron chi connectivity index (χ4n) is 3.49. The van der Waals surface area contributed by atoms with Crippen molar-refractivity contribution >= 4 is 17.0 Å². The van der Waals surface area contributed by atoms with Crippen LogP contribution in [0.4, 0.5) is 0 Å². The standard InChI is InChI=1S/C19H19N3O2/c1-12-5-3-4-6-16(12)14-7-8-22(11-14)19(23)15-9-17-13(2)21-24-18(17)20-10-15/h3-6,9-10,14H,7-8,11H2,1-2H3/t14-/m1/s1. The Kier molecular flexibility index (Phi) is 3.56. The van der Waals surface area contributed by atoms with Crippen molar-refractivity contribution in [2.24, 2.45) is 0 Å². The summed E-state index contributed by atoms with van der Waals surface area (Å²) in [5, 5.41) is 4.69. The Bertz CT molecular complexity index is 916. The van der Waals surface area contributed by atoms with Gasteiger partial charge in [0.15, 0.2) is 0 Å². The summed E-state index contributed by atoms with van der Waals surface area (Å²) in [4.78, 5) is 18.9. The van der Waals surface area contributed by atoms with E-state index in [-0.39, 0.29) is 5.91 Å². The predicted octanol–water partition coefficient (Wildman–Crippen LogP) is 3.47. The molecule has 3 heterocycles. The van der Waals surface area contributed by atoms with E-state index >= 15 is 0 Å². The zero-order valence-electron chi connectivity index (χ0n) is 13.8. The smallest absolute Gasteiger partial charge is 0.257 e. The van der Waals surface area contributed by atoms with Gasteiger partial charge < -0.3 is 9.42 Å². The first-order chi connectivity index (χ1) is 11.6. The minimum atomic E-state index is 0.0288. The maximum Gasteiger partial charge on any atom is 0.257 e. The molecule has 0 radical (unpaired) electrons. The Morgan fingerprint density at radius 2 is 2.12 bits per heavy atom. The number of rotatable bonds is 2. The Morgan fingerprint density at radius 3 is 2.96 bits per heavy atom. The number of benzene rings is 1. The van der Waals surface area contributed by atoms with E-state index in [1.165, 1.54) is 11.1 Å². The molecule has 0 N–H and O–H groups in total. The number of hydrogen-bond donors (Lipinski definition) is 0. The number of amides is 1. The van der Waals surface area contributed by atoms with Gasteiger partial charge in [0.1, 0.15) is 0 Å². The van der Waals surface area contributed by atoms with Crippen LogP contribution in [0.2, 0.25) is 0 Å². The summed E-state index contributed by atoms with van der Waals surface area (Å²) in [6.07, 6.45) is 2.58. The van der Waals surface area contributed by atoms with E-state index in [1.54, 1.807) is 6.20 Å². The molecule has 4 rings (SSSR count). The zero-order chi connectivity index (χ0) is 16.7. The van der Waals surface area contributed by atoms with Crippen LogP contribution in [0.3, 0.4) is 0 Å². The minimum absolute atomic E-state index is 0.0288. The van der Waals surface area contributed by atoms with Gasteiger partial charge in [-0.2, -0.15) is 0 Å². The van der Waals surface area contributed by atoms with Crippen molar-refractivity contribution in [3.8, 4) is 0 Å². The van der Waals surface area contributed by atoms with E-state index in [4.69, 9.17) is 4.52 Å². The highest BCUT2D eigenvalue weighted by Gasteiger charge is 2.29. The van der Waals surface area contributed by atoms with E-state index in [0.717, 1.165) is 30.6 Å². The molecule has 1 aromatic carbocycles. The second-order valence-corrected chi connectivity index (χ2v) is 6.44. The van der Waals surface area contributed by atoms with Crippen LogP contribution in [0, 0.1) is 13.8 Å². The summed E-state index contributed by atoms with van der Waals surface area (Å²) in [5.74, 6) is 0.435. The summed E-state index contributed by atoms with van der Waals surface area (Å²) in [6, 6.07) is 10.3. The monoisotopic (exact) mass is 321 g/mol.